The van der Waals surface area contributed by atoms with Gasteiger partial charge in [-0.15, -0.1) is 0 Å². The lowest BCUT2D eigenvalue weighted by Crippen LogP contribution is -2.54. The van der Waals surface area contributed by atoms with Crippen LogP contribution < -0.4 is 0 Å². The quantitative estimate of drug-likeness (QED) is 0.838. The number of aliphatic hydroxyl groups is 1. The number of hydrogen-bond acceptors (Lipinski definition) is 3. The molecule has 7 heteroatoms. The number of carbonyl (C=O) groups excluding carboxylic acids is 1. The van der Waals surface area contributed by atoms with Gasteiger partial charge in [0, 0.05) is 18.9 Å². The molecule has 3 rings (SSSR count). The Morgan fingerprint density at radius 2 is 1.84 bits per heavy atom. The molecule has 0 bridgehead atoms. The van der Waals surface area contributed by atoms with Crippen molar-refractivity contribution in [3.8, 4) is 0 Å². The summed E-state index contributed by atoms with van der Waals surface area (Å²) in [6.07, 6.45) is -0.332. The summed E-state index contributed by atoms with van der Waals surface area (Å²) in [4.78, 5) is 14.6. The Labute approximate surface area is 146 Å². The summed E-state index contributed by atoms with van der Waals surface area (Å²) < 4.78 is 43.8. The maximum Gasteiger partial charge on any atom is 0.391 e. The normalized spacial score (nSPS) is 37.3. The lowest BCUT2D eigenvalue weighted by Gasteiger charge is -2.41. The molecule has 4 nitrogen and oxygen atoms in total. The van der Waals surface area contributed by atoms with Crippen LogP contribution in [0.25, 0.3) is 0 Å². The van der Waals surface area contributed by atoms with E-state index in [4.69, 9.17) is 4.74 Å². The number of aliphatic hydroxyl groups excluding tert-OH is 1. The molecular weight excluding hydrogens is 335 g/mol. The van der Waals surface area contributed by atoms with Crippen molar-refractivity contribution in [2.75, 3.05) is 19.8 Å². The Morgan fingerprint density at radius 3 is 2.44 bits per heavy atom. The summed E-state index contributed by atoms with van der Waals surface area (Å²) in [5.74, 6) is -1.08. The average molecular weight is 363 g/mol. The molecule has 25 heavy (non-hydrogen) atoms. The van der Waals surface area contributed by atoms with Crippen LogP contribution in [0.2, 0.25) is 0 Å². The Kier molecular flexibility index (Phi) is 5.93. The van der Waals surface area contributed by atoms with Crippen molar-refractivity contribution in [3.63, 3.8) is 0 Å². The second-order valence-corrected chi connectivity index (χ2v) is 7.85. The molecule has 3 aliphatic rings. The molecule has 144 valence electrons. The van der Waals surface area contributed by atoms with Gasteiger partial charge in [0.1, 0.15) is 0 Å². The number of hydrogen-bond donors (Lipinski definition) is 1. The molecule has 3 fully saturated rings. The molecule has 0 aromatic carbocycles. The minimum Gasteiger partial charge on any atom is -0.393 e. The van der Waals surface area contributed by atoms with Gasteiger partial charge < -0.3 is 14.7 Å². The Balaban J connectivity index is 1.55. The van der Waals surface area contributed by atoms with Crippen molar-refractivity contribution < 1.29 is 27.8 Å². The second kappa shape index (κ2) is 7.82. The number of morpholine rings is 1. The number of amides is 1. The molecule has 1 saturated heterocycles. The van der Waals surface area contributed by atoms with E-state index in [1.807, 2.05) is 4.90 Å². The van der Waals surface area contributed by atoms with Crippen LogP contribution in [0.4, 0.5) is 13.2 Å². The summed E-state index contributed by atoms with van der Waals surface area (Å²) in [7, 11) is 0. The summed E-state index contributed by atoms with van der Waals surface area (Å²) in [5, 5.41) is 10.2. The number of halogens is 3. The van der Waals surface area contributed by atoms with Crippen LogP contribution in [0.5, 0.6) is 0 Å². The second-order valence-electron chi connectivity index (χ2n) is 7.85. The number of alkyl halides is 3. The van der Waals surface area contributed by atoms with Gasteiger partial charge in [0.25, 0.3) is 0 Å². The van der Waals surface area contributed by atoms with E-state index in [2.05, 4.69) is 0 Å². The lowest BCUT2D eigenvalue weighted by molar-refractivity contribution is -0.184. The van der Waals surface area contributed by atoms with Crippen LogP contribution >= 0.6 is 0 Å². The van der Waals surface area contributed by atoms with Gasteiger partial charge >= 0.3 is 6.18 Å². The molecule has 3 atom stereocenters. The van der Waals surface area contributed by atoms with E-state index >= 15 is 0 Å². The van der Waals surface area contributed by atoms with Crippen LogP contribution in [0.15, 0.2) is 0 Å². The summed E-state index contributed by atoms with van der Waals surface area (Å²) in [6, 6.07) is -0.0923. The first-order valence-electron chi connectivity index (χ1n) is 9.48. The monoisotopic (exact) mass is 363 g/mol. The molecule has 1 N–H and O–H groups in total. The zero-order chi connectivity index (χ0) is 18.0. The molecule has 2 saturated carbocycles. The highest BCUT2D eigenvalue weighted by Gasteiger charge is 2.43. The van der Waals surface area contributed by atoms with Gasteiger partial charge in [-0.3, -0.25) is 4.79 Å². The number of nitrogens with zero attached hydrogens (tertiary/aromatic N) is 1. The molecule has 1 heterocycles. The maximum absolute atomic E-state index is 12.8. The minimum absolute atomic E-state index is 0.0165. The molecule has 1 amide bonds. The van der Waals surface area contributed by atoms with Gasteiger partial charge in [0.2, 0.25) is 5.91 Å². The summed E-state index contributed by atoms with van der Waals surface area (Å²) in [6.45, 7) is 1.46. The fraction of sp³-hybridized carbons (Fsp3) is 0.944. The predicted octanol–water partition coefficient (Wildman–Crippen LogP) is 3.13. The first-order valence-corrected chi connectivity index (χ1v) is 9.48. The Morgan fingerprint density at radius 1 is 1.12 bits per heavy atom. The van der Waals surface area contributed by atoms with Crippen LogP contribution in [0, 0.1) is 17.8 Å². The molecule has 0 aromatic heterocycles. The van der Waals surface area contributed by atoms with E-state index in [0.717, 1.165) is 19.3 Å². The maximum atomic E-state index is 12.8. The van der Waals surface area contributed by atoms with E-state index in [0.29, 0.717) is 39.0 Å². The van der Waals surface area contributed by atoms with Gasteiger partial charge in [-0.1, -0.05) is 6.42 Å². The fourth-order valence-corrected chi connectivity index (χ4v) is 4.76. The van der Waals surface area contributed by atoms with Crippen LogP contribution in [0.1, 0.15) is 51.4 Å². The number of ether oxygens (including phenoxy) is 1. The molecule has 2 aliphatic carbocycles. The third kappa shape index (κ3) is 4.48. The largest absolute Gasteiger partial charge is 0.393 e. The van der Waals surface area contributed by atoms with E-state index < -0.39 is 12.1 Å². The van der Waals surface area contributed by atoms with Crippen LogP contribution in [-0.2, 0) is 9.53 Å². The third-order valence-corrected chi connectivity index (χ3v) is 6.28. The Bertz CT molecular complexity index is 463. The first-order chi connectivity index (χ1) is 11.9. The van der Waals surface area contributed by atoms with E-state index in [1.165, 1.54) is 0 Å². The minimum atomic E-state index is -4.11. The molecule has 0 radical (unpaired) electrons. The van der Waals surface area contributed by atoms with Crippen LogP contribution in [-0.4, -0.2) is 54.0 Å². The molecule has 0 unspecified atom stereocenters. The summed E-state index contributed by atoms with van der Waals surface area (Å²) >= 11 is 0. The van der Waals surface area contributed by atoms with Gasteiger partial charge in [0.15, 0.2) is 0 Å². The Hall–Kier alpha value is -0.820. The van der Waals surface area contributed by atoms with E-state index in [1.54, 1.807) is 0 Å². The highest BCUT2D eigenvalue weighted by molar-refractivity contribution is 5.77. The van der Waals surface area contributed by atoms with Crippen LogP contribution in [0.3, 0.4) is 0 Å². The zero-order valence-electron chi connectivity index (χ0n) is 14.5. The van der Waals surface area contributed by atoms with Crippen molar-refractivity contribution in [1.29, 1.82) is 0 Å². The van der Waals surface area contributed by atoms with E-state index in [9.17, 15) is 23.1 Å². The van der Waals surface area contributed by atoms with Gasteiger partial charge in [0.05, 0.1) is 31.3 Å². The highest BCUT2D eigenvalue weighted by Crippen LogP contribution is 2.41. The lowest BCUT2D eigenvalue weighted by atomic mass is 9.80. The predicted molar refractivity (Wildman–Crippen MR) is 85.8 cm³/mol. The van der Waals surface area contributed by atoms with E-state index in [-0.39, 0.29) is 42.7 Å². The molecule has 0 spiro atoms. The molecular formula is C18H28F3NO3. The smallest absolute Gasteiger partial charge is 0.391 e. The topological polar surface area (TPSA) is 49.8 Å². The average Bonchev–Trinajstić information content (AvgIpc) is 3.00. The third-order valence-electron chi connectivity index (χ3n) is 6.28. The highest BCUT2D eigenvalue weighted by atomic mass is 19.4. The zero-order valence-corrected chi connectivity index (χ0v) is 14.5. The SMILES string of the molecule is O=C(CC1CCC(C(F)(F)F)CC1)N1CCOC[C@@H]1[C@@H]1CCC[C@@H]1O. The van der Waals surface area contributed by atoms with Crippen molar-refractivity contribution in [3.05, 3.63) is 0 Å². The number of rotatable bonds is 3. The van der Waals surface area contributed by atoms with Crippen molar-refractivity contribution in [1.82, 2.24) is 4.90 Å². The van der Waals surface area contributed by atoms with Crippen molar-refractivity contribution in [2.45, 2.75) is 69.7 Å². The van der Waals surface area contributed by atoms with Crippen molar-refractivity contribution >= 4 is 5.91 Å². The first kappa shape index (κ1) is 19.0. The van der Waals surface area contributed by atoms with Gasteiger partial charge in [-0.2, -0.15) is 13.2 Å². The van der Waals surface area contributed by atoms with Crippen molar-refractivity contribution in [2.24, 2.45) is 17.8 Å². The molecule has 1 aliphatic heterocycles. The molecule has 0 aromatic rings. The van der Waals surface area contributed by atoms with Gasteiger partial charge in [-0.05, 0) is 44.4 Å². The standard InChI is InChI=1S/C18H28F3NO3/c19-18(20,21)13-6-4-12(5-7-13)10-17(24)22-8-9-25-11-15(22)14-2-1-3-16(14)23/h12-16,23H,1-11H2/t12?,13?,14-,15+,16-/m0/s1. The van der Waals surface area contributed by atoms with Gasteiger partial charge in [-0.25, -0.2) is 0 Å². The number of carbonyl (C=O) groups is 1. The fourth-order valence-electron chi connectivity index (χ4n) is 4.76. The summed E-state index contributed by atoms with van der Waals surface area (Å²) in [5.41, 5.74) is 0.